The Hall–Kier alpha value is -3.56. The summed E-state index contributed by atoms with van der Waals surface area (Å²) in [6.45, 7) is 2.88. The van der Waals surface area contributed by atoms with Gasteiger partial charge in [0.25, 0.3) is 5.91 Å². The van der Waals surface area contributed by atoms with Crippen LogP contribution >= 0.6 is 0 Å². The van der Waals surface area contributed by atoms with Crippen LogP contribution in [-0.2, 0) is 12.0 Å². The quantitative estimate of drug-likeness (QED) is 0.570. The molecule has 3 aromatic carbocycles. The maximum absolute atomic E-state index is 14.2. The highest BCUT2D eigenvalue weighted by molar-refractivity contribution is 6.07. The Morgan fingerprint density at radius 2 is 1.70 bits per heavy atom. The van der Waals surface area contributed by atoms with Crippen molar-refractivity contribution in [1.82, 2.24) is 4.90 Å². The molecule has 1 saturated heterocycles. The molecule has 0 atom stereocenters. The highest BCUT2D eigenvalue weighted by Crippen LogP contribution is 2.47. The van der Waals surface area contributed by atoms with Gasteiger partial charge >= 0.3 is 0 Å². The summed E-state index contributed by atoms with van der Waals surface area (Å²) in [6.07, 6.45) is 1.60. The number of nitrogens with zero attached hydrogens (tertiary/aromatic N) is 3. The summed E-state index contributed by atoms with van der Waals surface area (Å²) in [5, 5.41) is 8.98. The number of amides is 1. The van der Waals surface area contributed by atoms with Crippen molar-refractivity contribution in [2.75, 3.05) is 24.5 Å². The number of carbonyl (C=O) groups is 1. The number of hydrogen-bond donors (Lipinski definition) is 0. The monoisotopic (exact) mass is 443 g/mol. The first-order valence-electron chi connectivity index (χ1n) is 11.1. The lowest BCUT2D eigenvalue weighted by Gasteiger charge is -2.40. The number of rotatable bonds is 3. The average molecular weight is 443 g/mol. The number of nitriles is 1. The van der Waals surface area contributed by atoms with Gasteiger partial charge in [-0.3, -0.25) is 9.69 Å². The van der Waals surface area contributed by atoms with Crippen LogP contribution in [0.2, 0.25) is 0 Å². The van der Waals surface area contributed by atoms with Gasteiger partial charge in [0.05, 0.1) is 11.6 Å². The Kier molecular flexibility index (Phi) is 5.43. The molecule has 166 valence electrons. The van der Waals surface area contributed by atoms with E-state index in [4.69, 9.17) is 5.26 Å². The van der Waals surface area contributed by atoms with Gasteiger partial charge < -0.3 is 4.90 Å². The standard InChI is InChI=1S/C27H23F2N3O/c28-22-3-1-2-21(14-22)26(33)32-18-27(24-15-23(29)8-9-25(24)32)10-12-31(13-11-27)17-20-6-4-19(16-30)5-7-20/h1-9,14-15H,10-13,17-18H2. The van der Waals surface area contributed by atoms with E-state index in [0.717, 1.165) is 43.6 Å². The summed E-state index contributed by atoms with van der Waals surface area (Å²) in [5.41, 5.74) is 3.34. The van der Waals surface area contributed by atoms with Gasteiger partial charge in [0.1, 0.15) is 11.6 Å². The van der Waals surface area contributed by atoms with E-state index in [2.05, 4.69) is 11.0 Å². The topological polar surface area (TPSA) is 47.3 Å². The SMILES string of the molecule is N#Cc1ccc(CN2CCC3(CC2)CN(C(=O)c2cccc(F)c2)c2ccc(F)cc23)cc1. The molecule has 6 heteroatoms. The van der Waals surface area contributed by atoms with Gasteiger partial charge in [-0.15, -0.1) is 0 Å². The maximum Gasteiger partial charge on any atom is 0.258 e. The summed E-state index contributed by atoms with van der Waals surface area (Å²) in [4.78, 5) is 17.3. The van der Waals surface area contributed by atoms with E-state index < -0.39 is 5.82 Å². The molecule has 33 heavy (non-hydrogen) atoms. The zero-order valence-corrected chi connectivity index (χ0v) is 18.1. The molecule has 0 aromatic heterocycles. The second-order valence-corrected chi connectivity index (χ2v) is 8.93. The maximum atomic E-state index is 14.2. The number of piperidine rings is 1. The van der Waals surface area contributed by atoms with Crippen molar-refractivity contribution in [1.29, 1.82) is 5.26 Å². The molecular weight excluding hydrogens is 420 g/mol. The van der Waals surface area contributed by atoms with E-state index in [0.29, 0.717) is 23.4 Å². The number of halogens is 2. The smallest absolute Gasteiger partial charge is 0.258 e. The first-order chi connectivity index (χ1) is 16.0. The molecule has 3 aromatic rings. The second kappa shape index (κ2) is 8.42. The summed E-state index contributed by atoms with van der Waals surface area (Å²) in [7, 11) is 0. The van der Waals surface area contributed by atoms with Gasteiger partial charge in [-0.25, -0.2) is 8.78 Å². The van der Waals surface area contributed by atoms with Crippen molar-refractivity contribution in [2.24, 2.45) is 0 Å². The summed E-state index contributed by atoms with van der Waals surface area (Å²) in [6, 6.07) is 20.0. The molecule has 2 heterocycles. The van der Waals surface area contributed by atoms with Crippen molar-refractivity contribution in [2.45, 2.75) is 24.8 Å². The molecular formula is C27H23F2N3O. The van der Waals surface area contributed by atoms with Crippen LogP contribution in [-0.4, -0.2) is 30.4 Å². The minimum Gasteiger partial charge on any atom is -0.307 e. The van der Waals surface area contributed by atoms with Gasteiger partial charge in [-0.05, 0) is 85.6 Å². The molecule has 0 radical (unpaired) electrons. The number of hydrogen-bond acceptors (Lipinski definition) is 3. The third-order valence-corrected chi connectivity index (χ3v) is 6.90. The van der Waals surface area contributed by atoms with E-state index >= 15 is 0 Å². The second-order valence-electron chi connectivity index (χ2n) is 8.93. The van der Waals surface area contributed by atoms with Crippen molar-refractivity contribution < 1.29 is 13.6 Å². The molecule has 0 saturated carbocycles. The lowest BCUT2D eigenvalue weighted by atomic mass is 9.74. The minimum atomic E-state index is -0.454. The number of carbonyl (C=O) groups excluding carboxylic acids is 1. The normalized spacial score (nSPS) is 17.1. The fourth-order valence-corrected chi connectivity index (χ4v) is 5.11. The number of benzene rings is 3. The zero-order valence-electron chi connectivity index (χ0n) is 18.1. The highest BCUT2D eigenvalue weighted by atomic mass is 19.1. The van der Waals surface area contributed by atoms with Gasteiger partial charge in [0, 0.05) is 29.8 Å². The van der Waals surface area contributed by atoms with Gasteiger partial charge in [0.15, 0.2) is 0 Å². The fourth-order valence-electron chi connectivity index (χ4n) is 5.11. The lowest BCUT2D eigenvalue weighted by molar-refractivity contribution is 0.0975. The molecule has 0 N–H and O–H groups in total. The molecule has 2 aliphatic heterocycles. The molecule has 4 nitrogen and oxygen atoms in total. The van der Waals surface area contributed by atoms with Gasteiger partial charge in [0.2, 0.25) is 0 Å². The minimum absolute atomic E-state index is 0.265. The molecule has 1 amide bonds. The highest BCUT2D eigenvalue weighted by Gasteiger charge is 2.46. The predicted octanol–water partition coefficient (Wildman–Crippen LogP) is 5.03. The van der Waals surface area contributed by atoms with Gasteiger partial charge in [-0.1, -0.05) is 18.2 Å². The van der Waals surface area contributed by atoms with Crippen molar-refractivity contribution in [3.8, 4) is 6.07 Å². The molecule has 0 bridgehead atoms. The third-order valence-electron chi connectivity index (χ3n) is 6.90. The molecule has 1 spiro atoms. The van der Waals surface area contributed by atoms with Crippen LogP contribution in [0.3, 0.4) is 0 Å². The van der Waals surface area contributed by atoms with E-state index in [1.165, 1.54) is 24.3 Å². The van der Waals surface area contributed by atoms with Crippen LogP contribution in [0.5, 0.6) is 0 Å². The first kappa shape index (κ1) is 21.3. The summed E-state index contributed by atoms with van der Waals surface area (Å²) >= 11 is 0. The Bertz CT molecular complexity index is 1240. The Balaban J connectivity index is 1.37. The van der Waals surface area contributed by atoms with Crippen molar-refractivity contribution >= 4 is 11.6 Å². The largest absolute Gasteiger partial charge is 0.307 e. The average Bonchev–Trinajstić information content (AvgIpc) is 3.14. The van der Waals surface area contributed by atoms with Crippen molar-refractivity contribution in [3.63, 3.8) is 0 Å². The van der Waals surface area contributed by atoms with Crippen LogP contribution in [0.1, 0.15) is 39.9 Å². The van der Waals surface area contributed by atoms with Crippen LogP contribution in [0.4, 0.5) is 14.5 Å². The lowest BCUT2D eigenvalue weighted by Crippen LogP contribution is -2.45. The Morgan fingerprint density at radius 1 is 0.970 bits per heavy atom. The molecule has 1 fully saturated rings. The molecule has 2 aliphatic rings. The van der Waals surface area contributed by atoms with Gasteiger partial charge in [-0.2, -0.15) is 5.26 Å². The predicted molar refractivity (Wildman–Crippen MR) is 122 cm³/mol. The van der Waals surface area contributed by atoms with E-state index in [1.807, 2.05) is 24.3 Å². The number of fused-ring (bicyclic) bond motifs is 2. The number of anilines is 1. The van der Waals surface area contributed by atoms with E-state index in [1.54, 1.807) is 23.1 Å². The third kappa shape index (κ3) is 4.01. The summed E-state index contributed by atoms with van der Waals surface area (Å²) < 4.78 is 28.0. The van der Waals surface area contributed by atoms with Crippen LogP contribution in [0.25, 0.3) is 0 Å². The fraction of sp³-hybridized carbons (Fsp3) is 0.259. The summed E-state index contributed by atoms with van der Waals surface area (Å²) in [5.74, 6) is -1.03. The van der Waals surface area contributed by atoms with E-state index in [9.17, 15) is 13.6 Å². The molecule has 0 aliphatic carbocycles. The molecule has 0 unspecified atom stereocenters. The number of likely N-dealkylation sites (tertiary alicyclic amines) is 1. The van der Waals surface area contributed by atoms with Crippen LogP contribution in [0, 0.1) is 23.0 Å². The zero-order chi connectivity index (χ0) is 23.0. The Morgan fingerprint density at radius 3 is 2.39 bits per heavy atom. The van der Waals surface area contributed by atoms with Crippen molar-refractivity contribution in [3.05, 3.63) is 101 Å². The molecule has 5 rings (SSSR count). The van der Waals surface area contributed by atoms with Crippen LogP contribution in [0.15, 0.2) is 66.7 Å². The van der Waals surface area contributed by atoms with E-state index in [-0.39, 0.29) is 17.1 Å². The Labute approximate surface area is 191 Å². The van der Waals surface area contributed by atoms with Crippen LogP contribution < -0.4 is 4.90 Å². The first-order valence-corrected chi connectivity index (χ1v) is 11.1.